The molecule has 7 heteroatoms. The van der Waals surface area contributed by atoms with Crippen LogP contribution in [0.2, 0.25) is 0 Å². The van der Waals surface area contributed by atoms with Gasteiger partial charge in [-0.15, -0.1) is 11.3 Å². The maximum Gasteiger partial charge on any atom is 0.279 e. The van der Waals surface area contributed by atoms with Gasteiger partial charge in [0, 0.05) is 5.56 Å². The normalized spacial score (nSPS) is 10.1. The van der Waals surface area contributed by atoms with E-state index < -0.39 is 11.8 Å². The van der Waals surface area contributed by atoms with E-state index in [1.54, 1.807) is 29.6 Å². The Morgan fingerprint density at radius 1 is 0.741 bits per heavy atom. The van der Waals surface area contributed by atoms with Crippen LogP contribution in [0.5, 0.6) is 0 Å². The summed E-state index contributed by atoms with van der Waals surface area (Å²) in [5, 5.41) is 4.28. The van der Waals surface area contributed by atoms with E-state index in [1.807, 2.05) is 42.5 Å². The van der Waals surface area contributed by atoms with Crippen LogP contribution >= 0.6 is 11.3 Å². The van der Waals surface area contributed by atoms with Gasteiger partial charge in [0.15, 0.2) is 0 Å². The minimum Gasteiger partial charge on any atom is -0.343 e. The third-order valence-electron chi connectivity index (χ3n) is 3.72. The Labute approximate surface area is 160 Å². The average molecular weight is 379 g/mol. The zero-order valence-corrected chi connectivity index (χ0v) is 15.1. The van der Waals surface area contributed by atoms with Crippen molar-refractivity contribution in [2.24, 2.45) is 0 Å². The maximum atomic E-state index is 12.1. The van der Waals surface area contributed by atoms with Crippen LogP contribution in [0, 0.1) is 0 Å². The number of hydrazine groups is 1. The van der Waals surface area contributed by atoms with E-state index in [2.05, 4.69) is 16.2 Å². The largest absolute Gasteiger partial charge is 0.343 e. The fourth-order valence-electron chi connectivity index (χ4n) is 2.35. The van der Waals surface area contributed by atoms with Gasteiger partial charge in [0.05, 0.1) is 11.4 Å². The van der Waals surface area contributed by atoms with E-state index >= 15 is 0 Å². The minimum atomic E-state index is -0.519. The van der Waals surface area contributed by atoms with Crippen molar-refractivity contribution in [3.05, 3.63) is 82.6 Å². The van der Waals surface area contributed by atoms with E-state index in [9.17, 15) is 14.4 Å². The summed E-state index contributed by atoms with van der Waals surface area (Å²) < 4.78 is 0. The van der Waals surface area contributed by atoms with E-state index in [1.165, 1.54) is 11.3 Å². The van der Waals surface area contributed by atoms with Gasteiger partial charge in [-0.25, -0.2) is 0 Å². The minimum absolute atomic E-state index is 0.246. The quantitative estimate of drug-likeness (QED) is 0.596. The van der Waals surface area contributed by atoms with Gasteiger partial charge in [-0.3, -0.25) is 25.2 Å². The molecule has 0 saturated carbocycles. The van der Waals surface area contributed by atoms with Crippen LogP contribution in [0.25, 0.3) is 11.1 Å². The number of nitrogens with one attached hydrogen (secondary N) is 3. The number of carbonyl (C=O) groups is 3. The van der Waals surface area contributed by atoms with Crippen LogP contribution < -0.4 is 16.2 Å². The number of thiophene rings is 1. The van der Waals surface area contributed by atoms with Crippen LogP contribution in [-0.4, -0.2) is 24.3 Å². The Kier molecular flexibility index (Phi) is 5.96. The van der Waals surface area contributed by atoms with E-state index in [4.69, 9.17) is 0 Å². The van der Waals surface area contributed by atoms with Gasteiger partial charge in [0.25, 0.3) is 17.7 Å². The third kappa shape index (κ3) is 5.02. The Balaban J connectivity index is 1.47. The molecular formula is C20H17N3O3S. The van der Waals surface area contributed by atoms with Gasteiger partial charge in [0.2, 0.25) is 0 Å². The molecular weight excluding hydrogens is 362 g/mol. The second-order valence-electron chi connectivity index (χ2n) is 5.61. The molecule has 1 aromatic heterocycles. The molecule has 3 aromatic rings. The molecule has 3 N–H and O–H groups in total. The summed E-state index contributed by atoms with van der Waals surface area (Å²) in [4.78, 5) is 36.1. The van der Waals surface area contributed by atoms with E-state index in [0.717, 1.165) is 11.1 Å². The van der Waals surface area contributed by atoms with E-state index in [0.29, 0.717) is 10.4 Å². The predicted molar refractivity (Wildman–Crippen MR) is 104 cm³/mol. The standard InChI is InChI=1S/C20H17N3O3S/c24-18(22-23-20(26)17-7-4-12-27-17)13-21-19(25)16-10-8-15(9-11-16)14-5-2-1-3-6-14/h1-12H,13H2,(H,21,25)(H,22,24)(H,23,26). The van der Waals surface area contributed by atoms with Crippen molar-refractivity contribution in [1.29, 1.82) is 0 Å². The summed E-state index contributed by atoms with van der Waals surface area (Å²) in [5.74, 6) is -1.29. The first-order valence-electron chi connectivity index (χ1n) is 8.20. The van der Waals surface area contributed by atoms with Crippen LogP contribution in [0.3, 0.4) is 0 Å². The lowest BCUT2D eigenvalue weighted by atomic mass is 10.0. The Morgan fingerprint density at radius 3 is 2.11 bits per heavy atom. The first kappa shape index (κ1) is 18.3. The lowest BCUT2D eigenvalue weighted by molar-refractivity contribution is -0.120. The van der Waals surface area contributed by atoms with Gasteiger partial charge in [-0.2, -0.15) is 0 Å². The van der Waals surface area contributed by atoms with Crippen molar-refractivity contribution in [1.82, 2.24) is 16.2 Å². The molecule has 0 aliphatic heterocycles. The van der Waals surface area contributed by atoms with Crippen molar-refractivity contribution in [2.75, 3.05) is 6.54 Å². The van der Waals surface area contributed by atoms with Crippen molar-refractivity contribution in [3.8, 4) is 11.1 Å². The molecule has 2 aromatic carbocycles. The Morgan fingerprint density at radius 2 is 1.44 bits per heavy atom. The molecule has 0 bridgehead atoms. The molecule has 1 heterocycles. The first-order valence-corrected chi connectivity index (χ1v) is 9.08. The zero-order chi connectivity index (χ0) is 19.1. The lowest BCUT2D eigenvalue weighted by Crippen LogP contribution is -2.46. The smallest absolute Gasteiger partial charge is 0.279 e. The van der Waals surface area contributed by atoms with Crippen molar-refractivity contribution >= 4 is 29.1 Å². The van der Waals surface area contributed by atoms with Gasteiger partial charge >= 0.3 is 0 Å². The lowest BCUT2D eigenvalue weighted by Gasteiger charge is -2.08. The Bertz CT molecular complexity index is 923. The summed E-state index contributed by atoms with van der Waals surface area (Å²) in [7, 11) is 0. The predicted octanol–water partition coefficient (Wildman–Crippen LogP) is 2.61. The second-order valence-corrected chi connectivity index (χ2v) is 6.55. The highest BCUT2D eigenvalue weighted by Crippen LogP contribution is 2.19. The van der Waals surface area contributed by atoms with E-state index in [-0.39, 0.29) is 12.5 Å². The number of amides is 3. The number of carbonyl (C=O) groups excluding carboxylic acids is 3. The fourth-order valence-corrected chi connectivity index (χ4v) is 2.97. The first-order chi connectivity index (χ1) is 13.1. The number of hydrogen-bond acceptors (Lipinski definition) is 4. The molecule has 3 amide bonds. The Hall–Kier alpha value is -3.45. The van der Waals surface area contributed by atoms with Crippen molar-refractivity contribution in [3.63, 3.8) is 0 Å². The highest BCUT2D eigenvalue weighted by atomic mass is 32.1. The topological polar surface area (TPSA) is 87.3 Å². The number of hydrogen-bond donors (Lipinski definition) is 3. The second kappa shape index (κ2) is 8.77. The van der Waals surface area contributed by atoms with Crippen LogP contribution in [0.1, 0.15) is 20.0 Å². The molecule has 3 rings (SSSR count). The summed E-state index contributed by atoms with van der Waals surface area (Å²) in [6.07, 6.45) is 0. The fraction of sp³-hybridized carbons (Fsp3) is 0.0500. The molecule has 0 unspecified atom stereocenters. The molecule has 0 saturated heterocycles. The maximum absolute atomic E-state index is 12.1. The number of benzene rings is 2. The number of rotatable bonds is 5. The highest BCUT2D eigenvalue weighted by Gasteiger charge is 2.10. The zero-order valence-electron chi connectivity index (χ0n) is 14.3. The molecule has 27 heavy (non-hydrogen) atoms. The molecule has 0 radical (unpaired) electrons. The van der Waals surface area contributed by atoms with Gasteiger partial charge in [0.1, 0.15) is 0 Å². The molecule has 0 aliphatic carbocycles. The SMILES string of the molecule is O=C(CNC(=O)c1ccc(-c2ccccc2)cc1)NNC(=O)c1cccs1. The molecule has 0 atom stereocenters. The van der Waals surface area contributed by atoms with Crippen LogP contribution in [0.15, 0.2) is 72.1 Å². The summed E-state index contributed by atoms with van der Waals surface area (Å²) in [6.45, 7) is -0.246. The van der Waals surface area contributed by atoms with Crippen molar-refractivity contribution in [2.45, 2.75) is 0 Å². The summed E-state index contributed by atoms with van der Waals surface area (Å²) in [6, 6.07) is 20.3. The van der Waals surface area contributed by atoms with Crippen LogP contribution in [-0.2, 0) is 4.79 Å². The highest BCUT2D eigenvalue weighted by molar-refractivity contribution is 7.12. The van der Waals surface area contributed by atoms with Crippen molar-refractivity contribution < 1.29 is 14.4 Å². The third-order valence-corrected chi connectivity index (χ3v) is 4.59. The van der Waals surface area contributed by atoms with Gasteiger partial charge < -0.3 is 5.32 Å². The molecule has 136 valence electrons. The van der Waals surface area contributed by atoms with Gasteiger partial charge in [-0.05, 0) is 34.7 Å². The van der Waals surface area contributed by atoms with Gasteiger partial charge in [-0.1, -0.05) is 48.5 Å². The molecule has 0 spiro atoms. The summed E-state index contributed by atoms with van der Waals surface area (Å²) >= 11 is 1.26. The monoisotopic (exact) mass is 379 g/mol. The molecule has 0 fully saturated rings. The average Bonchev–Trinajstić information content (AvgIpc) is 3.26. The van der Waals surface area contributed by atoms with Crippen LogP contribution in [0.4, 0.5) is 0 Å². The summed E-state index contributed by atoms with van der Waals surface area (Å²) in [5.41, 5.74) is 7.07. The molecule has 6 nitrogen and oxygen atoms in total. The molecule has 0 aliphatic rings.